The molecular formula is C60H109NO8. The molecule has 0 aliphatic carbocycles. The van der Waals surface area contributed by atoms with Crippen molar-refractivity contribution < 1.29 is 39.8 Å². The van der Waals surface area contributed by atoms with Crippen LogP contribution in [0.5, 0.6) is 0 Å². The van der Waals surface area contributed by atoms with Crippen LogP contribution in [0.25, 0.3) is 0 Å². The number of hydrogen-bond acceptors (Lipinski definition) is 8. The number of rotatable bonds is 49. The first kappa shape index (κ1) is 64.9. The number of unbranched alkanes of at least 4 members (excludes halogenated alkanes) is 31. The van der Waals surface area contributed by atoms with Gasteiger partial charge in [-0.25, -0.2) is 0 Å². The highest BCUT2D eigenvalue weighted by Gasteiger charge is 2.44. The fraction of sp³-hybridized carbons (Fsp3) is 0.817. The average Bonchev–Trinajstić information content (AvgIpc) is 3.35. The van der Waals surface area contributed by atoms with Crippen molar-refractivity contribution in [2.24, 2.45) is 0 Å². The van der Waals surface area contributed by atoms with E-state index in [2.05, 4.69) is 67.8 Å². The molecule has 9 nitrogen and oxygen atoms in total. The Morgan fingerprint density at radius 2 is 0.870 bits per heavy atom. The minimum atomic E-state index is -1.58. The lowest BCUT2D eigenvalue weighted by Crippen LogP contribution is -2.60. The Bertz CT molecular complexity index is 1270. The Morgan fingerprint density at radius 1 is 0.493 bits per heavy atom. The average molecular weight is 973 g/mol. The molecule has 0 radical (unpaired) electrons. The number of allylic oxidation sites excluding steroid dienone is 9. The van der Waals surface area contributed by atoms with Crippen LogP contribution in [0.1, 0.15) is 258 Å². The summed E-state index contributed by atoms with van der Waals surface area (Å²) in [5.74, 6) is -0.190. The number of carbonyl (C=O) groups excluding carboxylic acids is 1. The van der Waals surface area contributed by atoms with Crippen molar-refractivity contribution in [1.82, 2.24) is 5.32 Å². The molecule has 0 aromatic rings. The highest BCUT2D eigenvalue weighted by molar-refractivity contribution is 5.76. The fourth-order valence-corrected chi connectivity index (χ4v) is 8.93. The van der Waals surface area contributed by atoms with E-state index in [1.54, 1.807) is 6.08 Å². The van der Waals surface area contributed by atoms with Gasteiger partial charge >= 0.3 is 0 Å². The van der Waals surface area contributed by atoms with Gasteiger partial charge in [-0.3, -0.25) is 4.79 Å². The maximum absolute atomic E-state index is 13.0. The summed E-state index contributed by atoms with van der Waals surface area (Å²) in [6, 6.07) is -0.829. The van der Waals surface area contributed by atoms with Crippen LogP contribution in [-0.2, 0) is 14.3 Å². The predicted octanol–water partition coefficient (Wildman–Crippen LogP) is 14.3. The van der Waals surface area contributed by atoms with Crippen molar-refractivity contribution >= 4 is 5.91 Å². The van der Waals surface area contributed by atoms with Crippen molar-refractivity contribution in [2.45, 2.75) is 301 Å². The zero-order valence-electron chi connectivity index (χ0n) is 44.6. The third-order valence-corrected chi connectivity index (χ3v) is 13.5. The molecule has 1 amide bonds. The largest absolute Gasteiger partial charge is 0.394 e. The molecule has 9 heteroatoms. The lowest BCUT2D eigenvalue weighted by atomic mass is 9.99. The van der Waals surface area contributed by atoms with Gasteiger partial charge in [-0.1, -0.05) is 235 Å². The van der Waals surface area contributed by atoms with E-state index in [0.717, 1.165) is 57.8 Å². The second kappa shape index (κ2) is 49.5. The third-order valence-electron chi connectivity index (χ3n) is 13.5. The van der Waals surface area contributed by atoms with Gasteiger partial charge in [-0.05, 0) is 77.0 Å². The monoisotopic (exact) mass is 972 g/mol. The van der Waals surface area contributed by atoms with Crippen molar-refractivity contribution in [1.29, 1.82) is 0 Å². The number of hydrogen-bond donors (Lipinski definition) is 6. The third kappa shape index (κ3) is 39.1. The summed E-state index contributed by atoms with van der Waals surface area (Å²) in [5.41, 5.74) is 0. The molecule has 1 rings (SSSR count). The van der Waals surface area contributed by atoms with Crippen LogP contribution in [0.15, 0.2) is 60.8 Å². The van der Waals surface area contributed by atoms with E-state index in [4.69, 9.17) is 9.47 Å². The van der Waals surface area contributed by atoms with Crippen LogP contribution in [0.3, 0.4) is 0 Å². The van der Waals surface area contributed by atoms with Gasteiger partial charge in [0.25, 0.3) is 0 Å². The molecule has 1 saturated heterocycles. The summed E-state index contributed by atoms with van der Waals surface area (Å²) in [6.45, 7) is 3.75. The van der Waals surface area contributed by atoms with Gasteiger partial charge in [-0.2, -0.15) is 0 Å². The van der Waals surface area contributed by atoms with E-state index in [1.807, 2.05) is 6.08 Å². The number of nitrogens with one attached hydrogen (secondary N) is 1. The molecule has 0 saturated carbocycles. The summed E-state index contributed by atoms with van der Waals surface area (Å²) in [7, 11) is 0. The van der Waals surface area contributed by atoms with Crippen LogP contribution in [-0.4, -0.2) is 87.5 Å². The highest BCUT2D eigenvalue weighted by atomic mass is 16.7. The Balaban J connectivity index is 2.21. The van der Waals surface area contributed by atoms with Gasteiger partial charge in [0.15, 0.2) is 6.29 Å². The second-order valence-corrected chi connectivity index (χ2v) is 20.1. The molecule has 0 aromatic carbocycles. The minimum Gasteiger partial charge on any atom is -0.394 e. The summed E-state index contributed by atoms with van der Waals surface area (Å²) in [5, 5.41) is 54.4. The first-order valence-corrected chi connectivity index (χ1v) is 29.0. The van der Waals surface area contributed by atoms with Crippen LogP contribution < -0.4 is 5.32 Å². The zero-order valence-corrected chi connectivity index (χ0v) is 44.6. The van der Waals surface area contributed by atoms with Crippen LogP contribution in [0.2, 0.25) is 0 Å². The first-order chi connectivity index (χ1) is 33.8. The molecule has 7 unspecified atom stereocenters. The summed E-state index contributed by atoms with van der Waals surface area (Å²) < 4.78 is 11.2. The van der Waals surface area contributed by atoms with Crippen molar-refractivity contribution in [2.75, 3.05) is 13.2 Å². The van der Waals surface area contributed by atoms with Crippen molar-refractivity contribution in [3.8, 4) is 0 Å². The van der Waals surface area contributed by atoms with E-state index in [9.17, 15) is 30.3 Å². The van der Waals surface area contributed by atoms with E-state index in [-0.39, 0.29) is 12.5 Å². The molecule has 7 atom stereocenters. The maximum atomic E-state index is 13.0. The predicted molar refractivity (Wildman–Crippen MR) is 290 cm³/mol. The summed E-state index contributed by atoms with van der Waals surface area (Å²) in [6.07, 6.45) is 60.0. The van der Waals surface area contributed by atoms with Gasteiger partial charge in [0, 0.05) is 6.42 Å². The Morgan fingerprint density at radius 3 is 1.30 bits per heavy atom. The summed E-state index contributed by atoms with van der Waals surface area (Å²) >= 11 is 0. The molecule has 0 aromatic heterocycles. The standard InChI is InChI=1S/C60H109NO8/c1-3-5-7-9-11-13-15-17-19-21-22-23-24-25-26-27-28-29-30-31-32-34-36-38-40-42-44-46-48-50-56(64)61-53(52-68-60-59(67)58(66)57(65)55(51-62)69-60)54(63)49-47-45-43-41-39-37-35-33-20-18-16-14-12-10-8-6-4-2/h15,17,20-22,33,39,41,47,49,53-55,57-60,62-63,65-67H,3-14,16,18-19,23-32,34-38,40,42-46,48,50-52H2,1-2H3,(H,61,64)/b17-15-,22-21-,33-20+,41-39+,49-47+. The van der Waals surface area contributed by atoms with Crippen molar-refractivity contribution in [3.05, 3.63) is 60.8 Å². The molecule has 0 spiro atoms. The molecule has 0 bridgehead atoms. The van der Waals surface area contributed by atoms with Crippen LogP contribution >= 0.6 is 0 Å². The van der Waals surface area contributed by atoms with E-state index >= 15 is 0 Å². The Kier molecular flexibility index (Phi) is 46.5. The van der Waals surface area contributed by atoms with Gasteiger partial charge in [0.2, 0.25) is 5.91 Å². The molecule has 1 aliphatic heterocycles. The molecule has 6 N–H and O–H groups in total. The molecule has 402 valence electrons. The van der Waals surface area contributed by atoms with Gasteiger partial charge in [-0.15, -0.1) is 0 Å². The molecular weight excluding hydrogens is 863 g/mol. The highest BCUT2D eigenvalue weighted by Crippen LogP contribution is 2.23. The molecule has 1 heterocycles. The number of carbonyl (C=O) groups is 1. The number of amides is 1. The number of aliphatic hydroxyl groups excluding tert-OH is 5. The Labute approximate surface area is 424 Å². The van der Waals surface area contributed by atoms with E-state index in [0.29, 0.717) is 6.42 Å². The smallest absolute Gasteiger partial charge is 0.220 e. The zero-order chi connectivity index (χ0) is 50.1. The van der Waals surface area contributed by atoms with E-state index in [1.165, 1.54) is 180 Å². The lowest BCUT2D eigenvalue weighted by Gasteiger charge is -2.40. The topological polar surface area (TPSA) is 149 Å². The first-order valence-electron chi connectivity index (χ1n) is 29.0. The van der Waals surface area contributed by atoms with E-state index < -0.39 is 49.5 Å². The minimum absolute atomic E-state index is 0.190. The van der Waals surface area contributed by atoms with Gasteiger partial charge in [0.05, 0.1) is 25.4 Å². The number of aliphatic hydroxyl groups is 5. The molecule has 69 heavy (non-hydrogen) atoms. The lowest BCUT2D eigenvalue weighted by molar-refractivity contribution is -0.302. The van der Waals surface area contributed by atoms with Crippen molar-refractivity contribution in [3.63, 3.8) is 0 Å². The van der Waals surface area contributed by atoms with Gasteiger partial charge < -0.3 is 40.3 Å². The maximum Gasteiger partial charge on any atom is 0.220 e. The van der Waals surface area contributed by atoms with Gasteiger partial charge in [0.1, 0.15) is 24.4 Å². The van der Waals surface area contributed by atoms with Crippen LogP contribution in [0, 0.1) is 0 Å². The fourth-order valence-electron chi connectivity index (χ4n) is 8.93. The normalized spacial score (nSPS) is 19.9. The van der Waals surface area contributed by atoms with Crippen LogP contribution in [0.4, 0.5) is 0 Å². The summed E-state index contributed by atoms with van der Waals surface area (Å²) in [4.78, 5) is 13.0. The number of ether oxygens (including phenoxy) is 2. The quantitative estimate of drug-likeness (QED) is 0.0261. The molecule has 1 fully saturated rings. The SMILES string of the molecule is CCCCCCC/C=C\C/C=C\CCCCCCCCCCCCCCCCCCCC(=O)NC(COC1OC(CO)C(O)C(O)C1O)C(O)/C=C/CC/C=C/CC/C=C/CCCCCCCCC. The second-order valence-electron chi connectivity index (χ2n) is 20.1. The Hall–Kier alpha value is -2.11. The molecule has 1 aliphatic rings.